The summed E-state index contributed by atoms with van der Waals surface area (Å²) in [5, 5.41) is -1.88. The van der Waals surface area contributed by atoms with Gasteiger partial charge in [-0.3, -0.25) is 4.79 Å². The minimum Gasteiger partial charge on any atom is -0.468 e. The Bertz CT molecular complexity index is 454. The van der Waals surface area contributed by atoms with Crippen LogP contribution in [0.15, 0.2) is 0 Å². The zero-order valence-corrected chi connectivity index (χ0v) is 12.4. The minimum absolute atomic E-state index is 0.273. The Kier molecular flexibility index (Phi) is 7.66. The van der Waals surface area contributed by atoms with Gasteiger partial charge in [-0.1, -0.05) is 6.42 Å². The molecule has 0 aromatic rings. The van der Waals surface area contributed by atoms with Crippen molar-refractivity contribution in [2.24, 2.45) is 0 Å². The van der Waals surface area contributed by atoms with Gasteiger partial charge in [0.15, 0.2) is 15.1 Å². The van der Waals surface area contributed by atoms with E-state index in [1.54, 1.807) is 0 Å². The number of methoxy groups -OCH3 is 1. The van der Waals surface area contributed by atoms with Gasteiger partial charge in [0.2, 0.25) is 0 Å². The molecule has 0 fully saturated rings. The molecule has 0 aromatic heterocycles. The first-order valence-corrected chi connectivity index (χ1v) is 7.93. The van der Waals surface area contributed by atoms with E-state index in [0.717, 1.165) is 7.11 Å². The SMILES string of the molecule is COC(=O)C(CCCCC(F)(F)F)S(=O)(=O)CCC(F)(F)F. The molecule has 0 aliphatic heterocycles. The van der Waals surface area contributed by atoms with Crippen molar-refractivity contribution in [3.05, 3.63) is 0 Å². The Morgan fingerprint density at radius 2 is 1.50 bits per heavy atom. The number of unbranched alkanes of at least 4 members (excludes halogenated alkanes) is 1. The molecule has 0 radical (unpaired) electrons. The number of hydrogen-bond donors (Lipinski definition) is 0. The van der Waals surface area contributed by atoms with Crippen LogP contribution >= 0.6 is 0 Å². The summed E-state index contributed by atoms with van der Waals surface area (Å²) in [4.78, 5) is 11.4. The average Bonchev–Trinajstić information content (AvgIpc) is 2.33. The summed E-state index contributed by atoms with van der Waals surface area (Å²) in [7, 11) is -3.61. The Morgan fingerprint density at radius 1 is 1.00 bits per heavy atom. The molecule has 22 heavy (non-hydrogen) atoms. The van der Waals surface area contributed by atoms with Gasteiger partial charge in [0, 0.05) is 6.42 Å². The van der Waals surface area contributed by atoms with Crippen molar-refractivity contribution >= 4 is 15.8 Å². The van der Waals surface area contributed by atoms with E-state index >= 15 is 0 Å². The average molecular weight is 358 g/mol. The van der Waals surface area contributed by atoms with E-state index in [1.165, 1.54) is 0 Å². The van der Waals surface area contributed by atoms with Crippen LogP contribution in [0.2, 0.25) is 0 Å². The van der Waals surface area contributed by atoms with Gasteiger partial charge in [-0.05, 0) is 12.8 Å². The van der Waals surface area contributed by atoms with Crippen LogP contribution in [0.4, 0.5) is 26.3 Å². The Labute approximate surface area is 123 Å². The molecule has 0 aliphatic rings. The van der Waals surface area contributed by atoms with E-state index in [2.05, 4.69) is 4.74 Å². The highest BCUT2D eigenvalue weighted by atomic mass is 32.2. The summed E-state index contributed by atoms with van der Waals surface area (Å²) in [6.45, 7) is 0. The second-order valence-corrected chi connectivity index (χ2v) is 6.91. The van der Waals surface area contributed by atoms with Crippen molar-refractivity contribution in [2.75, 3.05) is 12.9 Å². The lowest BCUT2D eigenvalue weighted by atomic mass is 10.1. The molecule has 0 spiro atoms. The quantitative estimate of drug-likeness (QED) is 0.380. The lowest BCUT2D eigenvalue weighted by Gasteiger charge is -2.16. The third-order valence-electron chi connectivity index (χ3n) is 2.74. The summed E-state index contributed by atoms with van der Waals surface area (Å²) >= 11 is 0. The number of esters is 1. The van der Waals surface area contributed by atoms with E-state index in [9.17, 15) is 39.6 Å². The van der Waals surface area contributed by atoms with Crippen LogP contribution in [-0.2, 0) is 19.4 Å². The van der Waals surface area contributed by atoms with Crippen LogP contribution in [0.1, 0.15) is 32.1 Å². The van der Waals surface area contributed by atoms with Gasteiger partial charge in [-0.2, -0.15) is 26.3 Å². The second-order valence-electron chi connectivity index (χ2n) is 4.60. The maximum Gasteiger partial charge on any atom is 0.390 e. The molecule has 0 heterocycles. The topological polar surface area (TPSA) is 60.4 Å². The molecular weight excluding hydrogens is 342 g/mol. The number of carbonyl (C=O) groups is 1. The molecule has 0 aromatic carbocycles. The van der Waals surface area contributed by atoms with Gasteiger partial charge in [0.05, 0.1) is 19.3 Å². The largest absolute Gasteiger partial charge is 0.468 e. The molecule has 0 saturated heterocycles. The number of carbonyl (C=O) groups excluding carboxylic acids is 1. The highest BCUT2D eigenvalue weighted by molar-refractivity contribution is 7.92. The number of halogens is 6. The van der Waals surface area contributed by atoms with E-state index in [0.29, 0.717) is 0 Å². The van der Waals surface area contributed by atoms with Crippen LogP contribution < -0.4 is 0 Å². The molecule has 132 valence electrons. The van der Waals surface area contributed by atoms with E-state index < -0.39 is 64.8 Å². The van der Waals surface area contributed by atoms with Gasteiger partial charge >= 0.3 is 18.3 Å². The first-order chi connectivity index (χ1) is 9.78. The molecule has 0 amide bonds. The van der Waals surface area contributed by atoms with Crippen molar-refractivity contribution in [3.63, 3.8) is 0 Å². The summed E-state index contributed by atoms with van der Waals surface area (Å²) in [5.74, 6) is -2.58. The number of ether oxygens (including phenoxy) is 1. The van der Waals surface area contributed by atoms with Gasteiger partial charge in [0.25, 0.3) is 0 Å². The predicted octanol–water partition coefficient (Wildman–Crippen LogP) is 3.02. The Balaban J connectivity index is 4.73. The number of alkyl halides is 6. The lowest BCUT2D eigenvalue weighted by molar-refractivity contribution is -0.140. The van der Waals surface area contributed by atoms with Crippen molar-refractivity contribution in [2.45, 2.75) is 49.7 Å². The molecule has 0 saturated carbocycles. The number of hydrogen-bond acceptors (Lipinski definition) is 4. The predicted molar refractivity (Wildman–Crippen MR) is 64.8 cm³/mol. The molecule has 0 aliphatic carbocycles. The van der Waals surface area contributed by atoms with Gasteiger partial charge in [-0.15, -0.1) is 0 Å². The van der Waals surface area contributed by atoms with Gasteiger partial charge < -0.3 is 4.74 Å². The van der Waals surface area contributed by atoms with E-state index in [4.69, 9.17) is 0 Å². The maximum absolute atomic E-state index is 12.1. The highest BCUT2D eigenvalue weighted by Crippen LogP contribution is 2.25. The third kappa shape index (κ3) is 9.11. The molecular formula is C11H16F6O4S. The smallest absolute Gasteiger partial charge is 0.390 e. The maximum atomic E-state index is 12.1. The molecule has 1 atom stereocenters. The summed E-state index contributed by atoms with van der Waals surface area (Å²) in [6, 6.07) is 0. The fourth-order valence-corrected chi connectivity index (χ4v) is 3.35. The van der Waals surface area contributed by atoms with Crippen molar-refractivity contribution < 1.29 is 44.3 Å². The van der Waals surface area contributed by atoms with Crippen LogP contribution in [0, 0.1) is 0 Å². The zero-order chi connectivity index (χ0) is 17.6. The Morgan fingerprint density at radius 3 is 1.91 bits per heavy atom. The molecule has 0 N–H and O–H groups in total. The first kappa shape index (κ1) is 21.0. The van der Waals surface area contributed by atoms with Crippen molar-refractivity contribution in [3.8, 4) is 0 Å². The normalized spacial score (nSPS) is 14.7. The third-order valence-corrected chi connectivity index (χ3v) is 4.81. The molecule has 1 unspecified atom stereocenters. The standard InChI is InChI=1S/C11H16F6O4S/c1-21-9(18)8(4-2-3-5-10(12,13)14)22(19,20)7-6-11(15,16)17/h8H,2-7H2,1H3. The van der Waals surface area contributed by atoms with Crippen molar-refractivity contribution in [1.29, 1.82) is 0 Å². The molecule has 4 nitrogen and oxygen atoms in total. The van der Waals surface area contributed by atoms with Crippen LogP contribution in [0.5, 0.6) is 0 Å². The number of sulfone groups is 1. The summed E-state index contributed by atoms with van der Waals surface area (Å²) < 4.78 is 99.8. The first-order valence-electron chi connectivity index (χ1n) is 6.21. The zero-order valence-electron chi connectivity index (χ0n) is 11.6. The summed E-state index contributed by atoms with van der Waals surface area (Å²) in [5.41, 5.74) is 0. The van der Waals surface area contributed by atoms with Crippen LogP contribution in [0.3, 0.4) is 0 Å². The van der Waals surface area contributed by atoms with E-state index in [-0.39, 0.29) is 6.42 Å². The monoisotopic (exact) mass is 358 g/mol. The summed E-state index contributed by atoms with van der Waals surface area (Å²) in [6.07, 6.45) is -13.1. The fraction of sp³-hybridized carbons (Fsp3) is 0.909. The van der Waals surface area contributed by atoms with E-state index in [1.807, 2.05) is 0 Å². The fourth-order valence-electron chi connectivity index (χ4n) is 1.63. The van der Waals surface area contributed by atoms with Crippen molar-refractivity contribution in [1.82, 2.24) is 0 Å². The van der Waals surface area contributed by atoms with Gasteiger partial charge in [-0.25, -0.2) is 8.42 Å². The number of rotatable bonds is 8. The molecule has 0 rings (SSSR count). The van der Waals surface area contributed by atoms with Gasteiger partial charge in [0.1, 0.15) is 0 Å². The molecule has 0 bridgehead atoms. The lowest BCUT2D eigenvalue weighted by Crippen LogP contribution is -2.34. The minimum atomic E-state index is -4.72. The highest BCUT2D eigenvalue weighted by Gasteiger charge is 2.37. The second kappa shape index (κ2) is 8.02. The molecule has 11 heteroatoms. The van der Waals surface area contributed by atoms with Crippen LogP contribution in [-0.4, -0.2) is 44.9 Å². The Hall–Kier alpha value is -1.00. The van der Waals surface area contributed by atoms with Crippen LogP contribution in [0.25, 0.3) is 0 Å².